The number of ether oxygens (including phenoxy) is 2. The van der Waals surface area contributed by atoms with Crippen molar-refractivity contribution in [1.82, 2.24) is 10.1 Å². The minimum atomic E-state index is -0.303. The van der Waals surface area contributed by atoms with Crippen LogP contribution in [0, 0.1) is 12.7 Å². The van der Waals surface area contributed by atoms with Crippen LogP contribution in [0.5, 0.6) is 11.5 Å². The Morgan fingerprint density at radius 3 is 2.62 bits per heavy atom. The third-order valence-electron chi connectivity index (χ3n) is 4.02. The van der Waals surface area contributed by atoms with Gasteiger partial charge in [0.15, 0.2) is 0 Å². The standard InChI is InChI=1S/C19H20FN3O3/c1-11-5-6-13(9-15(11)20)18-22-19(26-23-18)12(2)21-16-8-7-14(24-3)10-17(16)25-4/h5-10,12,21H,1-4H3/t12-/m1/s1. The lowest BCUT2D eigenvalue weighted by Crippen LogP contribution is -2.08. The van der Waals surface area contributed by atoms with Crippen LogP contribution in [-0.4, -0.2) is 24.4 Å². The topological polar surface area (TPSA) is 69.4 Å². The zero-order valence-corrected chi connectivity index (χ0v) is 15.0. The Kier molecular flexibility index (Phi) is 5.06. The van der Waals surface area contributed by atoms with E-state index in [4.69, 9.17) is 14.0 Å². The second-order valence-corrected chi connectivity index (χ2v) is 5.85. The maximum Gasteiger partial charge on any atom is 0.249 e. The van der Waals surface area contributed by atoms with Crippen LogP contribution in [0.3, 0.4) is 0 Å². The molecule has 0 radical (unpaired) electrons. The number of methoxy groups -OCH3 is 2. The Hall–Kier alpha value is -3.09. The first-order valence-corrected chi connectivity index (χ1v) is 8.10. The second kappa shape index (κ2) is 7.43. The first-order chi connectivity index (χ1) is 12.5. The van der Waals surface area contributed by atoms with Crippen LogP contribution in [0.25, 0.3) is 11.4 Å². The molecule has 0 saturated heterocycles. The van der Waals surface area contributed by atoms with E-state index >= 15 is 0 Å². The van der Waals surface area contributed by atoms with Crippen molar-refractivity contribution in [1.29, 1.82) is 0 Å². The van der Waals surface area contributed by atoms with E-state index < -0.39 is 0 Å². The number of nitrogens with zero attached hydrogens (tertiary/aromatic N) is 2. The molecule has 0 fully saturated rings. The predicted octanol–water partition coefficient (Wildman–Crippen LogP) is 4.37. The Balaban J connectivity index is 1.80. The number of anilines is 1. The highest BCUT2D eigenvalue weighted by molar-refractivity contribution is 5.60. The van der Waals surface area contributed by atoms with Crippen molar-refractivity contribution in [3.05, 3.63) is 53.7 Å². The molecular weight excluding hydrogens is 337 g/mol. The molecule has 1 aromatic heterocycles. The molecule has 0 bridgehead atoms. The highest BCUT2D eigenvalue weighted by Gasteiger charge is 2.17. The van der Waals surface area contributed by atoms with Gasteiger partial charge in [-0.25, -0.2) is 4.39 Å². The monoisotopic (exact) mass is 357 g/mol. The molecule has 0 aliphatic carbocycles. The highest BCUT2D eigenvalue weighted by atomic mass is 19.1. The lowest BCUT2D eigenvalue weighted by atomic mass is 10.1. The highest BCUT2D eigenvalue weighted by Crippen LogP contribution is 2.32. The smallest absolute Gasteiger partial charge is 0.249 e. The summed E-state index contributed by atoms with van der Waals surface area (Å²) in [5.41, 5.74) is 1.90. The maximum atomic E-state index is 13.7. The molecule has 6 nitrogen and oxygen atoms in total. The van der Waals surface area contributed by atoms with Crippen LogP contribution in [0.2, 0.25) is 0 Å². The van der Waals surface area contributed by atoms with Crippen molar-refractivity contribution >= 4 is 5.69 Å². The molecule has 7 heteroatoms. The van der Waals surface area contributed by atoms with Crippen LogP contribution in [0.4, 0.5) is 10.1 Å². The van der Waals surface area contributed by atoms with Gasteiger partial charge in [-0.2, -0.15) is 4.98 Å². The van der Waals surface area contributed by atoms with Gasteiger partial charge in [-0.3, -0.25) is 0 Å². The zero-order chi connectivity index (χ0) is 18.7. The van der Waals surface area contributed by atoms with E-state index in [1.807, 2.05) is 19.1 Å². The Morgan fingerprint density at radius 1 is 1.12 bits per heavy atom. The summed E-state index contributed by atoms with van der Waals surface area (Å²) in [6.45, 7) is 3.59. The molecular formula is C19H20FN3O3. The molecule has 26 heavy (non-hydrogen) atoms. The minimum Gasteiger partial charge on any atom is -0.497 e. The van der Waals surface area contributed by atoms with E-state index in [2.05, 4.69) is 15.5 Å². The van der Waals surface area contributed by atoms with Crippen molar-refractivity contribution < 1.29 is 18.4 Å². The lowest BCUT2D eigenvalue weighted by molar-refractivity contribution is 0.366. The summed E-state index contributed by atoms with van der Waals surface area (Å²) in [6, 6.07) is 10.0. The van der Waals surface area contributed by atoms with Crippen LogP contribution in [0.1, 0.15) is 24.4 Å². The molecule has 3 rings (SSSR count). The van der Waals surface area contributed by atoms with E-state index in [0.717, 1.165) is 5.69 Å². The molecule has 1 heterocycles. The number of benzene rings is 2. The molecule has 2 aromatic carbocycles. The molecule has 0 spiro atoms. The quantitative estimate of drug-likeness (QED) is 0.706. The van der Waals surface area contributed by atoms with Gasteiger partial charge in [0.1, 0.15) is 23.4 Å². The largest absolute Gasteiger partial charge is 0.497 e. The second-order valence-electron chi connectivity index (χ2n) is 5.85. The minimum absolute atomic E-state index is 0.270. The van der Waals surface area contributed by atoms with Crippen LogP contribution in [-0.2, 0) is 0 Å². The molecule has 0 amide bonds. The van der Waals surface area contributed by atoms with E-state index in [1.54, 1.807) is 39.3 Å². The summed E-state index contributed by atoms with van der Waals surface area (Å²) in [7, 11) is 3.18. The summed E-state index contributed by atoms with van der Waals surface area (Å²) in [5.74, 6) is 1.76. The maximum absolute atomic E-state index is 13.7. The van der Waals surface area contributed by atoms with Crippen LogP contribution >= 0.6 is 0 Å². The Labute approximate surface area is 150 Å². The molecule has 136 valence electrons. The molecule has 1 N–H and O–H groups in total. The van der Waals surface area contributed by atoms with E-state index in [9.17, 15) is 4.39 Å². The third kappa shape index (κ3) is 3.61. The van der Waals surface area contributed by atoms with Crippen molar-refractivity contribution in [3.8, 4) is 22.9 Å². The average Bonchev–Trinajstić information content (AvgIpc) is 3.14. The SMILES string of the molecule is COc1ccc(N[C@H](C)c2nc(-c3ccc(C)c(F)c3)no2)c(OC)c1. The molecule has 0 aliphatic heterocycles. The summed E-state index contributed by atoms with van der Waals surface area (Å²) < 4.78 is 29.6. The summed E-state index contributed by atoms with van der Waals surface area (Å²) in [5, 5.41) is 7.21. The summed E-state index contributed by atoms with van der Waals surface area (Å²) in [4.78, 5) is 4.36. The Bertz CT molecular complexity index is 911. The van der Waals surface area contributed by atoms with Gasteiger partial charge >= 0.3 is 0 Å². The number of rotatable bonds is 6. The van der Waals surface area contributed by atoms with E-state index in [-0.39, 0.29) is 11.9 Å². The third-order valence-corrected chi connectivity index (χ3v) is 4.02. The van der Waals surface area contributed by atoms with Crippen molar-refractivity contribution in [2.24, 2.45) is 0 Å². The van der Waals surface area contributed by atoms with Gasteiger partial charge in [0.05, 0.1) is 19.9 Å². The van der Waals surface area contributed by atoms with E-state index in [0.29, 0.717) is 34.3 Å². The van der Waals surface area contributed by atoms with Gasteiger partial charge in [-0.1, -0.05) is 17.3 Å². The van der Waals surface area contributed by atoms with Crippen molar-refractivity contribution in [2.45, 2.75) is 19.9 Å². The summed E-state index contributed by atoms with van der Waals surface area (Å²) >= 11 is 0. The van der Waals surface area contributed by atoms with Crippen molar-refractivity contribution in [2.75, 3.05) is 19.5 Å². The average molecular weight is 357 g/mol. The fourth-order valence-electron chi connectivity index (χ4n) is 2.47. The fourth-order valence-corrected chi connectivity index (χ4v) is 2.47. The van der Waals surface area contributed by atoms with Gasteiger partial charge in [0, 0.05) is 11.6 Å². The number of nitrogens with one attached hydrogen (secondary N) is 1. The number of aromatic nitrogens is 2. The Morgan fingerprint density at radius 2 is 1.92 bits per heavy atom. The number of aryl methyl sites for hydroxylation is 1. The van der Waals surface area contributed by atoms with Gasteiger partial charge < -0.3 is 19.3 Å². The summed E-state index contributed by atoms with van der Waals surface area (Å²) in [6.07, 6.45) is 0. The first-order valence-electron chi connectivity index (χ1n) is 8.10. The van der Waals surface area contributed by atoms with Gasteiger partial charge in [0.25, 0.3) is 0 Å². The van der Waals surface area contributed by atoms with E-state index in [1.165, 1.54) is 6.07 Å². The number of halogens is 1. The van der Waals surface area contributed by atoms with Crippen LogP contribution < -0.4 is 14.8 Å². The zero-order valence-electron chi connectivity index (χ0n) is 15.0. The molecule has 0 saturated carbocycles. The normalized spacial score (nSPS) is 11.9. The van der Waals surface area contributed by atoms with Crippen LogP contribution in [0.15, 0.2) is 40.9 Å². The molecule has 0 aliphatic rings. The number of hydrogen-bond donors (Lipinski definition) is 1. The lowest BCUT2D eigenvalue weighted by Gasteiger charge is -2.15. The molecule has 3 aromatic rings. The predicted molar refractivity (Wildman–Crippen MR) is 96.0 cm³/mol. The van der Waals surface area contributed by atoms with Crippen molar-refractivity contribution in [3.63, 3.8) is 0 Å². The molecule has 0 unspecified atom stereocenters. The first kappa shape index (κ1) is 17.7. The molecule has 1 atom stereocenters. The van der Waals surface area contributed by atoms with Gasteiger partial charge in [0.2, 0.25) is 11.7 Å². The number of hydrogen-bond acceptors (Lipinski definition) is 6. The fraction of sp³-hybridized carbons (Fsp3) is 0.263. The van der Waals surface area contributed by atoms with Gasteiger partial charge in [-0.05, 0) is 37.6 Å². The van der Waals surface area contributed by atoms with Gasteiger partial charge in [-0.15, -0.1) is 0 Å².